The minimum atomic E-state index is -1.57. The highest BCUT2D eigenvalue weighted by molar-refractivity contribution is 5.79. The van der Waals surface area contributed by atoms with Crippen molar-refractivity contribution in [3.05, 3.63) is 35.9 Å². The topological polar surface area (TPSA) is 117 Å². The van der Waals surface area contributed by atoms with E-state index in [1.165, 1.54) is 6.21 Å². The van der Waals surface area contributed by atoms with Crippen molar-refractivity contribution >= 4 is 6.21 Å². The number of benzene rings is 1. The van der Waals surface area contributed by atoms with Gasteiger partial charge in [0.05, 0.1) is 12.8 Å². The zero-order chi connectivity index (χ0) is 14.7. The van der Waals surface area contributed by atoms with Crippen molar-refractivity contribution in [3.8, 4) is 0 Å². The molecular weight excluding hydrogens is 264 g/mol. The molecular formula is C13H18N2O5. The van der Waals surface area contributed by atoms with E-state index in [0.29, 0.717) is 0 Å². The van der Waals surface area contributed by atoms with E-state index in [1.54, 1.807) is 12.1 Å². The van der Waals surface area contributed by atoms with E-state index in [2.05, 4.69) is 5.10 Å². The van der Waals surface area contributed by atoms with Crippen LogP contribution < -0.4 is 0 Å². The SMILES string of the molecule is OC[C@@H]1[C@@H](O)[C@H](O)[C@@H](O)C(O)N1/N=C/c1ccccc1. The minimum absolute atomic E-state index is 0.520. The van der Waals surface area contributed by atoms with E-state index >= 15 is 0 Å². The molecule has 1 aromatic rings. The fourth-order valence-electron chi connectivity index (χ4n) is 2.13. The molecule has 0 spiro atoms. The van der Waals surface area contributed by atoms with Gasteiger partial charge in [-0.25, -0.2) is 0 Å². The third-order valence-electron chi connectivity index (χ3n) is 3.34. The van der Waals surface area contributed by atoms with Crippen LogP contribution in [0.2, 0.25) is 0 Å². The fourth-order valence-corrected chi connectivity index (χ4v) is 2.13. The maximum atomic E-state index is 9.89. The van der Waals surface area contributed by atoms with Crippen LogP contribution in [0.1, 0.15) is 5.56 Å². The first-order chi connectivity index (χ1) is 9.56. The molecule has 0 aromatic heterocycles. The summed E-state index contributed by atoms with van der Waals surface area (Å²) in [5.41, 5.74) is 0.756. The van der Waals surface area contributed by atoms with Crippen LogP contribution in [0.5, 0.6) is 0 Å². The minimum Gasteiger partial charge on any atom is -0.394 e. The van der Waals surface area contributed by atoms with E-state index in [9.17, 15) is 25.5 Å². The Hall–Kier alpha value is -1.51. The molecule has 5 N–H and O–H groups in total. The largest absolute Gasteiger partial charge is 0.394 e. The van der Waals surface area contributed by atoms with Crippen LogP contribution in [-0.4, -0.2) is 73.9 Å². The number of aliphatic hydroxyl groups excluding tert-OH is 5. The number of hydrogen-bond donors (Lipinski definition) is 5. The lowest BCUT2D eigenvalue weighted by atomic mass is 9.94. The summed E-state index contributed by atoms with van der Waals surface area (Å²) in [5.74, 6) is 0. The first-order valence-electron chi connectivity index (χ1n) is 6.26. The van der Waals surface area contributed by atoms with Gasteiger partial charge in [-0.2, -0.15) is 5.10 Å². The average molecular weight is 282 g/mol. The van der Waals surface area contributed by atoms with E-state index in [0.717, 1.165) is 10.6 Å². The Bertz CT molecular complexity index is 455. The number of rotatable bonds is 3. The highest BCUT2D eigenvalue weighted by atomic mass is 16.4. The highest BCUT2D eigenvalue weighted by Gasteiger charge is 2.46. The zero-order valence-corrected chi connectivity index (χ0v) is 10.7. The lowest BCUT2D eigenvalue weighted by molar-refractivity contribution is -0.222. The number of piperidine rings is 1. The summed E-state index contributed by atoms with van der Waals surface area (Å²) in [5, 5.41) is 53.1. The van der Waals surface area contributed by atoms with Crippen LogP contribution in [0, 0.1) is 0 Å². The van der Waals surface area contributed by atoms with Crippen molar-refractivity contribution in [1.29, 1.82) is 0 Å². The number of hydrogen-bond acceptors (Lipinski definition) is 7. The summed E-state index contributed by atoms with van der Waals surface area (Å²) in [6.07, 6.45) is -4.59. The molecule has 7 nitrogen and oxygen atoms in total. The van der Waals surface area contributed by atoms with Crippen molar-refractivity contribution < 1.29 is 25.5 Å². The summed E-state index contributed by atoms with van der Waals surface area (Å²) in [6, 6.07) is 8.04. The third-order valence-corrected chi connectivity index (χ3v) is 3.34. The van der Waals surface area contributed by atoms with Gasteiger partial charge in [0.1, 0.15) is 24.4 Å². The van der Waals surface area contributed by atoms with Crippen LogP contribution in [-0.2, 0) is 0 Å². The van der Waals surface area contributed by atoms with E-state index in [4.69, 9.17) is 0 Å². The molecule has 1 fully saturated rings. The van der Waals surface area contributed by atoms with Crippen molar-refractivity contribution in [2.45, 2.75) is 30.6 Å². The Morgan fingerprint density at radius 2 is 1.65 bits per heavy atom. The Balaban J connectivity index is 2.21. The van der Waals surface area contributed by atoms with Gasteiger partial charge in [-0.05, 0) is 5.56 Å². The van der Waals surface area contributed by atoms with E-state index in [-0.39, 0.29) is 0 Å². The predicted molar refractivity (Wildman–Crippen MR) is 70.8 cm³/mol. The van der Waals surface area contributed by atoms with Gasteiger partial charge in [-0.1, -0.05) is 30.3 Å². The van der Waals surface area contributed by atoms with Crippen molar-refractivity contribution in [2.24, 2.45) is 5.10 Å². The van der Waals surface area contributed by atoms with Gasteiger partial charge < -0.3 is 25.5 Å². The zero-order valence-electron chi connectivity index (χ0n) is 10.7. The van der Waals surface area contributed by atoms with Crippen LogP contribution >= 0.6 is 0 Å². The first-order valence-corrected chi connectivity index (χ1v) is 6.26. The molecule has 20 heavy (non-hydrogen) atoms. The average Bonchev–Trinajstić information content (AvgIpc) is 2.48. The Kier molecular flexibility index (Phi) is 4.69. The molecule has 7 heteroatoms. The molecule has 1 heterocycles. The second kappa shape index (κ2) is 6.29. The van der Waals surface area contributed by atoms with Gasteiger partial charge in [-0.3, -0.25) is 5.01 Å². The molecule has 1 unspecified atom stereocenters. The molecule has 0 amide bonds. The number of hydrazone groups is 1. The highest BCUT2D eigenvalue weighted by Crippen LogP contribution is 2.23. The molecule has 0 radical (unpaired) electrons. The molecule has 0 aliphatic carbocycles. The normalized spacial score (nSPS) is 34.6. The van der Waals surface area contributed by atoms with Gasteiger partial charge in [-0.15, -0.1) is 0 Å². The summed E-state index contributed by atoms with van der Waals surface area (Å²) in [6.45, 7) is -0.520. The van der Waals surface area contributed by atoms with Gasteiger partial charge >= 0.3 is 0 Å². The smallest absolute Gasteiger partial charge is 0.171 e. The monoisotopic (exact) mass is 282 g/mol. The lowest BCUT2D eigenvalue weighted by Crippen LogP contribution is -2.65. The second-order valence-electron chi connectivity index (χ2n) is 4.67. The van der Waals surface area contributed by atoms with Gasteiger partial charge in [0.15, 0.2) is 6.23 Å². The third kappa shape index (κ3) is 2.82. The quantitative estimate of drug-likeness (QED) is 0.413. The summed E-state index contributed by atoms with van der Waals surface area (Å²) in [4.78, 5) is 0. The Labute approximate surface area is 116 Å². The molecule has 2 rings (SSSR count). The molecule has 1 aliphatic heterocycles. The van der Waals surface area contributed by atoms with Crippen LogP contribution in [0.3, 0.4) is 0 Å². The maximum absolute atomic E-state index is 9.89. The molecule has 1 aromatic carbocycles. The first kappa shape index (κ1) is 14.9. The van der Waals surface area contributed by atoms with Crippen LogP contribution in [0.25, 0.3) is 0 Å². The lowest BCUT2D eigenvalue weighted by Gasteiger charge is -2.44. The van der Waals surface area contributed by atoms with Crippen molar-refractivity contribution in [2.75, 3.05) is 6.61 Å². The van der Waals surface area contributed by atoms with Crippen LogP contribution in [0.4, 0.5) is 0 Å². The van der Waals surface area contributed by atoms with Crippen LogP contribution in [0.15, 0.2) is 35.4 Å². The summed E-state index contributed by atoms with van der Waals surface area (Å²) < 4.78 is 0. The molecule has 0 saturated carbocycles. The molecule has 110 valence electrons. The summed E-state index contributed by atoms with van der Waals surface area (Å²) in [7, 11) is 0. The van der Waals surface area contributed by atoms with E-state index < -0.39 is 37.2 Å². The standard InChI is InChI=1S/C13H18N2O5/c16-7-9-10(17)11(18)12(19)13(20)15(9)14-6-8-4-2-1-3-5-8/h1-6,9-13,16-20H,7H2/b14-6+/t9-,10-,11+,12-,13?/m1/s1. The van der Waals surface area contributed by atoms with Crippen molar-refractivity contribution in [1.82, 2.24) is 5.01 Å². The number of aliphatic hydroxyl groups is 5. The van der Waals surface area contributed by atoms with E-state index in [1.807, 2.05) is 18.2 Å². The summed E-state index contributed by atoms with van der Waals surface area (Å²) >= 11 is 0. The Morgan fingerprint density at radius 3 is 2.25 bits per heavy atom. The molecule has 1 saturated heterocycles. The molecule has 1 aliphatic rings. The molecule has 5 atom stereocenters. The molecule has 0 bridgehead atoms. The second-order valence-corrected chi connectivity index (χ2v) is 4.67. The fraction of sp³-hybridized carbons (Fsp3) is 0.462. The van der Waals surface area contributed by atoms with Gasteiger partial charge in [0.2, 0.25) is 0 Å². The Morgan fingerprint density at radius 1 is 1.00 bits per heavy atom. The number of nitrogens with zero attached hydrogens (tertiary/aromatic N) is 2. The van der Waals surface area contributed by atoms with Gasteiger partial charge in [0.25, 0.3) is 0 Å². The van der Waals surface area contributed by atoms with Crippen molar-refractivity contribution in [3.63, 3.8) is 0 Å². The van der Waals surface area contributed by atoms with Gasteiger partial charge in [0, 0.05) is 0 Å². The maximum Gasteiger partial charge on any atom is 0.171 e. The predicted octanol–water partition coefficient (Wildman–Crippen LogP) is -1.90.